The molecular weight excluding hydrogens is 420 g/mol. The average Bonchev–Trinajstić information content (AvgIpc) is 2.79. The molecule has 0 spiro atoms. The fraction of sp³-hybridized carbons (Fsp3) is 0.0909. The molecule has 0 radical (unpaired) electrons. The summed E-state index contributed by atoms with van der Waals surface area (Å²) in [5.41, 5.74) is 3.96. The van der Waals surface area contributed by atoms with Crippen LogP contribution in [0, 0.1) is 0 Å². The number of hydrazone groups is 1. The van der Waals surface area contributed by atoms with Crippen LogP contribution < -0.4 is 15.5 Å². The maximum absolute atomic E-state index is 12.6. The van der Waals surface area contributed by atoms with Crippen LogP contribution in [0.4, 0.5) is 5.69 Å². The van der Waals surface area contributed by atoms with Crippen molar-refractivity contribution in [3.05, 3.63) is 88.7 Å². The van der Waals surface area contributed by atoms with Gasteiger partial charge in [0.25, 0.3) is 11.8 Å². The maximum Gasteiger partial charge on any atom is 0.273 e. The highest BCUT2D eigenvalue weighted by molar-refractivity contribution is 6.31. The molecule has 31 heavy (non-hydrogen) atoms. The molecule has 158 valence electrons. The predicted molar refractivity (Wildman–Crippen MR) is 118 cm³/mol. The van der Waals surface area contributed by atoms with Gasteiger partial charge < -0.3 is 15.2 Å². The van der Waals surface area contributed by atoms with Gasteiger partial charge in [0.15, 0.2) is 0 Å². The van der Waals surface area contributed by atoms with Crippen molar-refractivity contribution < 1.29 is 19.4 Å². The molecule has 3 aromatic rings. The van der Waals surface area contributed by atoms with Crippen molar-refractivity contribution in [1.82, 2.24) is 10.4 Å². The minimum absolute atomic E-state index is 0.0892. The zero-order valence-electron chi connectivity index (χ0n) is 16.3. The average molecular weight is 439 g/mol. The Hall–Kier alpha value is -3.75. The molecule has 0 unspecified atom stereocenters. The Morgan fingerprint density at radius 1 is 1.10 bits per heavy atom. The molecule has 8 nitrogen and oxygen atoms in total. The van der Waals surface area contributed by atoms with E-state index in [-0.39, 0.29) is 24.7 Å². The van der Waals surface area contributed by atoms with E-state index in [4.69, 9.17) is 21.4 Å². The second-order valence-electron chi connectivity index (χ2n) is 6.22. The molecule has 3 rings (SSSR count). The number of aliphatic hydroxyl groups is 1. The second kappa shape index (κ2) is 10.9. The number of carbonyl (C=O) groups excluding carboxylic acids is 2. The van der Waals surface area contributed by atoms with E-state index in [0.29, 0.717) is 27.6 Å². The number of benzene rings is 2. The van der Waals surface area contributed by atoms with Gasteiger partial charge in [-0.15, -0.1) is 0 Å². The van der Waals surface area contributed by atoms with E-state index in [1.54, 1.807) is 48.5 Å². The molecule has 0 aliphatic carbocycles. The van der Waals surface area contributed by atoms with Gasteiger partial charge in [0, 0.05) is 23.0 Å². The SMILES string of the molecule is O=C(Nc1ccc(Cl)cc1C(=O)NN=Cc1cccc(OCCO)c1)c1ccncc1. The quantitative estimate of drug-likeness (QED) is 0.369. The zero-order valence-corrected chi connectivity index (χ0v) is 17.0. The van der Waals surface area contributed by atoms with Crippen LogP contribution in [-0.2, 0) is 0 Å². The number of aromatic nitrogens is 1. The summed E-state index contributed by atoms with van der Waals surface area (Å²) in [7, 11) is 0. The number of pyridine rings is 1. The maximum atomic E-state index is 12.6. The summed E-state index contributed by atoms with van der Waals surface area (Å²) in [5, 5.41) is 15.8. The van der Waals surface area contributed by atoms with Crippen LogP contribution >= 0.6 is 11.6 Å². The van der Waals surface area contributed by atoms with Gasteiger partial charge in [0.2, 0.25) is 0 Å². The van der Waals surface area contributed by atoms with Crippen LogP contribution in [0.3, 0.4) is 0 Å². The third kappa shape index (κ3) is 6.36. The molecule has 0 saturated heterocycles. The van der Waals surface area contributed by atoms with Crippen LogP contribution in [0.2, 0.25) is 5.02 Å². The van der Waals surface area contributed by atoms with Crippen LogP contribution in [0.5, 0.6) is 5.75 Å². The number of aliphatic hydroxyl groups excluding tert-OH is 1. The van der Waals surface area contributed by atoms with Crippen LogP contribution in [-0.4, -0.2) is 41.3 Å². The number of rotatable bonds is 8. The molecule has 1 aromatic heterocycles. The lowest BCUT2D eigenvalue weighted by atomic mass is 10.1. The Bertz CT molecular complexity index is 1090. The molecule has 0 aliphatic heterocycles. The molecular formula is C22H19ClN4O4. The van der Waals surface area contributed by atoms with Crippen molar-refractivity contribution in [2.45, 2.75) is 0 Å². The topological polar surface area (TPSA) is 113 Å². The normalized spacial score (nSPS) is 10.6. The lowest BCUT2D eigenvalue weighted by Gasteiger charge is -2.10. The first-order valence-corrected chi connectivity index (χ1v) is 9.62. The molecule has 0 bridgehead atoms. The lowest BCUT2D eigenvalue weighted by molar-refractivity contribution is 0.0956. The molecule has 2 amide bonds. The first-order chi connectivity index (χ1) is 15.1. The zero-order chi connectivity index (χ0) is 22.1. The van der Waals surface area contributed by atoms with E-state index >= 15 is 0 Å². The minimum atomic E-state index is -0.545. The Morgan fingerprint density at radius 3 is 2.68 bits per heavy atom. The van der Waals surface area contributed by atoms with Crippen LogP contribution in [0.15, 0.2) is 72.1 Å². The van der Waals surface area contributed by atoms with E-state index in [0.717, 1.165) is 0 Å². The standard InChI is InChI=1S/C22H19ClN4O4/c23-17-4-5-20(26-21(29)16-6-8-24-9-7-16)19(13-17)22(30)27-25-14-15-2-1-3-18(12-15)31-11-10-28/h1-9,12-14,28H,10-11H2,(H,26,29)(H,27,30). The lowest BCUT2D eigenvalue weighted by Crippen LogP contribution is -2.21. The Balaban J connectivity index is 1.71. The van der Waals surface area contributed by atoms with Gasteiger partial charge in [-0.1, -0.05) is 23.7 Å². The van der Waals surface area contributed by atoms with Crippen LogP contribution in [0.25, 0.3) is 0 Å². The first-order valence-electron chi connectivity index (χ1n) is 9.25. The minimum Gasteiger partial charge on any atom is -0.491 e. The van der Waals surface area contributed by atoms with Gasteiger partial charge in [0.05, 0.1) is 24.1 Å². The van der Waals surface area contributed by atoms with Crippen LogP contribution in [0.1, 0.15) is 26.3 Å². The Kier molecular flexibility index (Phi) is 7.69. The van der Waals surface area contributed by atoms with E-state index < -0.39 is 5.91 Å². The third-order valence-corrected chi connectivity index (χ3v) is 4.25. The summed E-state index contributed by atoms with van der Waals surface area (Å²) in [6.45, 7) is 0.0914. The number of hydrogen-bond donors (Lipinski definition) is 3. The van der Waals surface area contributed by atoms with Crippen molar-refractivity contribution >= 4 is 35.3 Å². The Morgan fingerprint density at radius 2 is 1.90 bits per heavy atom. The van der Waals surface area contributed by atoms with Gasteiger partial charge in [0.1, 0.15) is 12.4 Å². The molecule has 0 aliphatic rings. The second-order valence-corrected chi connectivity index (χ2v) is 6.66. The molecule has 9 heteroatoms. The summed E-state index contributed by atoms with van der Waals surface area (Å²) in [6, 6.07) is 14.7. The van der Waals surface area contributed by atoms with E-state index in [9.17, 15) is 9.59 Å². The highest BCUT2D eigenvalue weighted by Gasteiger charge is 2.15. The summed E-state index contributed by atoms with van der Waals surface area (Å²) in [6.07, 6.45) is 4.45. The molecule has 1 heterocycles. The number of ether oxygens (including phenoxy) is 1. The van der Waals surface area contributed by atoms with Crippen molar-refractivity contribution in [3.63, 3.8) is 0 Å². The van der Waals surface area contributed by atoms with Gasteiger partial charge in [-0.25, -0.2) is 5.43 Å². The number of carbonyl (C=O) groups is 2. The number of nitrogens with one attached hydrogen (secondary N) is 2. The molecule has 3 N–H and O–H groups in total. The smallest absolute Gasteiger partial charge is 0.273 e. The molecule has 2 aromatic carbocycles. The van der Waals surface area contributed by atoms with Gasteiger partial charge in [-0.05, 0) is 48.0 Å². The molecule has 0 saturated carbocycles. The van der Waals surface area contributed by atoms with Gasteiger partial charge in [-0.3, -0.25) is 14.6 Å². The number of amides is 2. The monoisotopic (exact) mass is 438 g/mol. The molecule has 0 fully saturated rings. The number of anilines is 1. The fourth-order valence-electron chi connectivity index (χ4n) is 2.58. The number of halogens is 1. The van der Waals surface area contributed by atoms with E-state index in [2.05, 4.69) is 20.8 Å². The van der Waals surface area contributed by atoms with Crippen molar-refractivity contribution in [1.29, 1.82) is 0 Å². The Labute approximate surface area is 183 Å². The van der Waals surface area contributed by atoms with Crippen molar-refractivity contribution in [2.24, 2.45) is 5.10 Å². The summed E-state index contributed by atoms with van der Waals surface area (Å²) in [4.78, 5) is 28.9. The van der Waals surface area contributed by atoms with Crippen molar-refractivity contribution in [3.8, 4) is 5.75 Å². The van der Waals surface area contributed by atoms with Gasteiger partial charge in [-0.2, -0.15) is 5.10 Å². The van der Waals surface area contributed by atoms with Crippen molar-refractivity contribution in [2.75, 3.05) is 18.5 Å². The molecule has 0 atom stereocenters. The summed E-state index contributed by atoms with van der Waals surface area (Å²) < 4.78 is 5.34. The summed E-state index contributed by atoms with van der Waals surface area (Å²) in [5.74, 6) is -0.362. The summed E-state index contributed by atoms with van der Waals surface area (Å²) >= 11 is 6.03. The highest BCUT2D eigenvalue weighted by atomic mass is 35.5. The predicted octanol–water partition coefficient (Wildman–Crippen LogP) is 3.12. The first kappa shape index (κ1) is 21.9. The third-order valence-electron chi connectivity index (χ3n) is 4.01. The van der Waals surface area contributed by atoms with E-state index in [1.807, 2.05) is 0 Å². The largest absolute Gasteiger partial charge is 0.491 e. The highest BCUT2D eigenvalue weighted by Crippen LogP contribution is 2.21. The number of nitrogens with zero attached hydrogens (tertiary/aromatic N) is 2. The number of hydrogen-bond acceptors (Lipinski definition) is 6. The van der Waals surface area contributed by atoms with E-state index in [1.165, 1.54) is 24.7 Å². The van der Waals surface area contributed by atoms with Gasteiger partial charge >= 0.3 is 0 Å². The fourth-order valence-corrected chi connectivity index (χ4v) is 2.76.